The summed E-state index contributed by atoms with van der Waals surface area (Å²) in [6, 6.07) is 22.3. The number of hydrogen-bond donors (Lipinski definition) is 1. The molecule has 144 valence electrons. The number of rotatable bonds is 6. The van der Waals surface area contributed by atoms with E-state index in [1.807, 2.05) is 66.7 Å². The largest absolute Gasteiger partial charge is 0.344 e. The molecule has 29 heavy (non-hydrogen) atoms. The summed E-state index contributed by atoms with van der Waals surface area (Å²) < 4.78 is 1.69. The van der Waals surface area contributed by atoms with Gasteiger partial charge in [-0.1, -0.05) is 48.5 Å². The maximum Gasteiger partial charge on any atom is 0.222 e. The summed E-state index contributed by atoms with van der Waals surface area (Å²) in [4.78, 5) is 29.1. The number of benzene rings is 2. The van der Waals surface area contributed by atoms with Gasteiger partial charge in [-0.05, 0) is 29.8 Å². The van der Waals surface area contributed by atoms with Crippen molar-refractivity contribution in [1.82, 2.24) is 20.1 Å². The average molecular weight is 384 g/mol. The second-order valence-electron chi connectivity index (χ2n) is 6.66. The highest BCUT2D eigenvalue weighted by atomic mass is 16.1. The summed E-state index contributed by atoms with van der Waals surface area (Å²) in [5.41, 5.74) is 2.34. The second kappa shape index (κ2) is 8.48. The summed E-state index contributed by atoms with van der Waals surface area (Å²) in [5.74, 6) is -0.117. The monoisotopic (exact) mass is 384 g/mol. The zero-order valence-corrected chi connectivity index (χ0v) is 15.7. The van der Waals surface area contributed by atoms with Gasteiger partial charge in [0.15, 0.2) is 0 Å². The molecule has 0 fully saturated rings. The van der Waals surface area contributed by atoms with Gasteiger partial charge in [-0.2, -0.15) is 5.10 Å². The molecule has 0 aliphatic carbocycles. The summed E-state index contributed by atoms with van der Waals surface area (Å²) in [7, 11) is 0. The Morgan fingerprint density at radius 3 is 2.52 bits per heavy atom. The number of aromatic nitrogens is 3. The molecule has 4 aromatic rings. The van der Waals surface area contributed by atoms with Gasteiger partial charge in [-0.25, -0.2) is 0 Å². The van der Waals surface area contributed by atoms with E-state index < -0.39 is 0 Å². The fraction of sp³-hybridized carbons (Fsp3) is 0.130. The number of carbonyl (C=O) groups is 1. The van der Waals surface area contributed by atoms with Gasteiger partial charge in [0.05, 0.1) is 30.0 Å². The predicted molar refractivity (Wildman–Crippen MR) is 111 cm³/mol. The molecule has 2 aromatic heterocycles. The van der Waals surface area contributed by atoms with E-state index in [0.717, 1.165) is 16.8 Å². The van der Waals surface area contributed by atoms with E-state index in [4.69, 9.17) is 0 Å². The van der Waals surface area contributed by atoms with Gasteiger partial charge < -0.3 is 5.32 Å². The SMILES string of the molecule is O=C(CCn1ncc(=O)c2ccccc21)NC(c1ccccc1)c1ccccn1. The minimum Gasteiger partial charge on any atom is -0.344 e. The Morgan fingerprint density at radius 1 is 0.966 bits per heavy atom. The lowest BCUT2D eigenvalue weighted by atomic mass is 10.0. The van der Waals surface area contributed by atoms with Gasteiger partial charge >= 0.3 is 0 Å². The maximum atomic E-state index is 12.7. The fourth-order valence-electron chi connectivity index (χ4n) is 3.30. The van der Waals surface area contributed by atoms with Crippen LogP contribution in [0.1, 0.15) is 23.7 Å². The van der Waals surface area contributed by atoms with Crippen molar-refractivity contribution >= 4 is 16.8 Å². The number of pyridine rings is 1. The Hall–Kier alpha value is -3.80. The minimum atomic E-state index is -0.330. The molecule has 0 spiro atoms. The molecule has 1 amide bonds. The molecule has 2 heterocycles. The number of fused-ring (bicyclic) bond motifs is 1. The number of nitrogens with zero attached hydrogens (tertiary/aromatic N) is 3. The zero-order valence-electron chi connectivity index (χ0n) is 15.7. The number of nitrogens with one attached hydrogen (secondary N) is 1. The van der Waals surface area contributed by atoms with E-state index in [2.05, 4.69) is 15.4 Å². The van der Waals surface area contributed by atoms with Crippen LogP contribution in [0.25, 0.3) is 10.9 Å². The van der Waals surface area contributed by atoms with E-state index in [1.165, 1.54) is 6.20 Å². The van der Waals surface area contributed by atoms with Crippen LogP contribution in [0.15, 0.2) is 90.0 Å². The van der Waals surface area contributed by atoms with Gasteiger partial charge in [-0.3, -0.25) is 19.3 Å². The zero-order chi connectivity index (χ0) is 20.1. The van der Waals surface area contributed by atoms with Crippen molar-refractivity contribution in [3.05, 3.63) is 107 Å². The van der Waals surface area contributed by atoms with Crippen LogP contribution in [-0.4, -0.2) is 20.7 Å². The quantitative estimate of drug-likeness (QED) is 0.554. The van der Waals surface area contributed by atoms with E-state index in [-0.39, 0.29) is 23.8 Å². The highest BCUT2D eigenvalue weighted by Gasteiger charge is 2.18. The van der Waals surface area contributed by atoms with Crippen molar-refractivity contribution in [2.24, 2.45) is 0 Å². The van der Waals surface area contributed by atoms with Gasteiger partial charge in [0.1, 0.15) is 0 Å². The van der Waals surface area contributed by atoms with Crippen LogP contribution in [0.4, 0.5) is 0 Å². The molecule has 0 saturated carbocycles. The second-order valence-corrected chi connectivity index (χ2v) is 6.66. The van der Waals surface area contributed by atoms with E-state index in [0.29, 0.717) is 11.9 Å². The number of para-hydroxylation sites is 1. The molecule has 0 aliphatic rings. The minimum absolute atomic E-state index is 0.117. The number of carbonyl (C=O) groups excluding carboxylic acids is 1. The lowest BCUT2D eigenvalue weighted by Crippen LogP contribution is -2.30. The molecule has 1 N–H and O–H groups in total. The van der Waals surface area contributed by atoms with Crippen LogP contribution in [0, 0.1) is 0 Å². The summed E-state index contributed by atoms with van der Waals surface area (Å²) in [5, 5.41) is 7.86. The van der Waals surface area contributed by atoms with Gasteiger partial charge in [0, 0.05) is 18.0 Å². The van der Waals surface area contributed by atoms with Crippen molar-refractivity contribution in [3.63, 3.8) is 0 Å². The van der Waals surface area contributed by atoms with E-state index in [9.17, 15) is 9.59 Å². The van der Waals surface area contributed by atoms with Crippen molar-refractivity contribution in [1.29, 1.82) is 0 Å². The van der Waals surface area contributed by atoms with Crippen LogP contribution >= 0.6 is 0 Å². The number of aryl methyl sites for hydroxylation is 1. The van der Waals surface area contributed by atoms with Crippen molar-refractivity contribution in [2.45, 2.75) is 19.0 Å². The normalized spacial score (nSPS) is 11.9. The summed E-state index contributed by atoms with van der Waals surface area (Å²) in [6.07, 6.45) is 3.24. The standard InChI is InChI=1S/C23H20N4O2/c28-21-16-25-27(20-12-5-4-10-18(20)21)15-13-22(29)26-23(17-8-2-1-3-9-17)19-11-6-7-14-24-19/h1-12,14,16,23H,13,15H2,(H,26,29). The Balaban J connectivity index is 1.52. The van der Waals surface area contributed by atoms with Crippen LogP contribution in [0.3, 0.4) is 0 Å². The van der Waals surface area contributed by atoms with Crippen molar-refractivity contribution in [3.8, 4) is 0 Å². The molecule has 0 aliphatic heterocycles. The highest BCUT2D eigenvalue weighted by molar-refractivity contribution is 5.79. The van der Waals surface area contributed by atoms with Crippen LogP contribution in [0.2, 0.25) is 0 Å². The Labute approximate surface area is 167 Å². The molecule has 6 nitrogen and oxygen atoms in total. The van der Waals surface area contributed by atoms with Crippen LogP contribution < -0.4 is 10.7 Å². The van der Waals surface area contributed by atoms with Crippen molar-refractivity contribution < 1.29 is 4.79 Å². The summed E-state index contributed by atoms with van der Waals surface area (Å²) >= 11 is 0. The van der Waals surface area contributed by atoms with Gasteiger partial charge in [0.25, 0.3) is 0 Å². The van der Waals surface area contributed by atoms with E-state index >= 15 is 0 Å². The molecule has 6 heteroatoms. The predicted octanol–water partition coefficient (Wildman–Crippen LogP) is 3.09. The van der Waals surface area contributed by atoms with Crippen molar-refractivity contribution in [2.75, 3.05) is 0 Å². The lowest BCUT2D eigenvalue weighted by molar-refractivity contribution is -0.121. The van der Waals surface area contributed by atoms with Gasteiger partial charge in [0.2, 0.25) is 11.3 Å². The smallest absolute Gasteiger partial charge is 0.222 e. The first-order chi connectivity index (χ1) is 14.2. The third-order valence-electron chi connectivity index (χ3n) is 4.73. The lowest BCUT2D eigenvalue weighted by Gasteiger charge is -2.19. The first-order valence-electron chi connectivity index (χ1n) is 9.42. The highest BCUT2D eigenvalue weighted by Crippen LogP contribution is 2.20. The first-order valence-corrected chi connectivity index (χ1v) is 9.42. The molecular weight excluding hydrogens is 364 g/mol. The van der Waals surface area contributed by atoms with E-state index in [1.54, 1.807) is 16.9 Å². The molecule has 1 unspecified atom stereocenters. The third kappa shape index (κ3) is 4.21. The Morgan fingerprint density at radius 2 is 1.72 bits per heavy atom. The maximum absolute atomic E-state index is 12.7. The van der Waals surface area contributed by atoms with Crippen LogP contribution in [-0.2, 0) is 11.3 Å². The molecule has 4 rings (SSSR count). The Bertz CT molecular complexity index is 1130. The molecule has 0 radical (unpaired) electrons. The molecule has 0 saturated heterocycles. The third-order valence-corrected chi connectivity index (χ3v) is 4.73. The molecule has 0 bridgehead atoms. The molecule has 1 atom stereocenters. The number of hydrogen-bond acceptors (Lipinski definition) is 4. The average Bonchev–Trinajstić information content (AvgIpc) is 2.78. The first kappa shape index (κ1) is 18.6. The number of amides is 1. The molecular formula is C23H20N4O2. The Kier molecular flexibility index (Phi) is 5.42. The summed E-state index contributed by atoms with van der Waals surface area (Å²) in [6.45, 7) is 0.371. The molecule has 2 aromatic carbocycles. The van der Waals surface area contributed by atoms with Crippen LogP contribution in [0.5, 0.6) is 0 Å². The van der Waals surface area contributed by atoms with Gasteiger partial charge in [-0.15, -0.1) is 0 Å². The fourth-order valence-corrected chi connectivity index (χ4v) is 3.30. The topological polar surface area (TPSA) is 76.9 Å².